The monoisotopic (exact) mass is 293 g/mol. The highest BCUT2D eigenvalue weighted by Gasteiger charge is 2.26. The molecule has 1 aromatic rings. The van der Waals surface area contributed by atoms with Crippen LogP contribution in [-0.4, -0.2) is 36.3 Å². The second kappa shape index (κ2) is 7.64. The van der Waals surface area contributed by atoms with Gasteiger partial charge in [0, 0.05) is 18.5 Å². The van der Waals surface area contributed by atoms with Crippen LogP contribution in [0.3, 0.4) is 0 Å². The van der Waals surface area contributed by atoms with Gasteiger partial charge in [-0.3, -0.25) is 9.78 Å². The number of carbonyl (C=O) groups is 1. The first-order valence-electron chi connectivity index (χ1n) is 7.13. The zero-order valence-corrected chi connectivity index (χ0v) is 12.8. The molecule has 0 aromatic carbocycles. The van der Waals surface area contributed by atoms with Crippen molar-refractivity contribution in [3.8, 4) is 0 Å². The molecule has 1 aliphatic heterocycles. The van der Waals surface area contributed by atoms with E-state index in [1.54, 1.807) is 18.0 Å². The molecule has 0 bridgehead atoms. The number of hydrogen-bond donors (Lipinski definition) is 2. The third-order valence-electron chi connectivity index (χ3n) is 3.73. The van der Waals surface area contributed by atoms with Gasteiger partial charge >= 0.3 is 0 Å². The lowest BCUT2D eigenvalue weighted by Crippen LogP contribution is -2.43. The highest BCUT2D eigenvalue weighted by Crippen LogP contribution is 2.26. The van der Waals surface area contributed by atoms with Gasteiger partial charge in [-0.15, -0.1) is 11.8 Å². The first-order chi connectivity index (χ1) is 9.68. The first kappa shape index (κ1) is 15.3. The van der Waals surface area contributed by atoms with Crippen molar-refractivity contribution in [2.24, 2.45) is 5.41 Å². The average molecular weight is 293 g/mol. The Balaban J connectivity index is 1.63. The second-order valence-electron chi connectivity index (χ2n) is 5.65. The van der Waals surface area contributed by atoms with Crippen LogP contribution in [0.15, 0.2) is 24.4 Å². The molecule has 4 nitrogen and oxygen atoms in total. The topological polar surface area (TPSA) is 54.0 Å². The van der Waals surface area contributed by atoms with Crippen molar-refractivity contribution in [1.82, 2.24) is 15.6 Å². The van der Waals surface area contributed by atoms with E-state index in [0.717, 1.165) is 43.9 Å². The Bertz CT molecular complexity index is 418. The maximum atomic E-state index is 11.9. The molecule has 0 radical (unpaired) electrons. The fraction of sp³-hybridized carbons (Fsp3) is 0.600. The minimum absolute atomic E-state index is 0.130. The molecule has 1 amide bonds. The van der Waals surface area contributed by atoms with Gasteiger partial charge in [0.2, 0.25) is 5.91 Å². The number of aromatic nitrogens is 1. The Morgan fingerprint density at radius 2 is 2.25 bits per heavy atom. The van der Waals surface area contributed by atoms with E-state index in [-0.39, 0.29) is 11.3 Å². The molecule has 1 saturated heterocycles. The predicted octanol–water partition coefficient (Wildman–Crippen LogP) is 1.82. The summed E-state index contributed by atoms with van der Waals surface area (Å²) in [5, 5.41) is 6.43. The highest BCUT2D eigenvalue weighted by molar-refractivity contribution is 7.99. The summed E-state index contributed by atoms with van der Waals surface area (Å²) in [6.07, 6.45) is 4.05. The standard InChI is InChI=1S/C15H23N3OS/c1-15(5-8-16-9-6-15)12-18-14(19)11-20-10-13-4-2-3-7-17-13/h2-4,7,16H,5-6,8-12H2,1H3,(H,18,19). The number of pyridine rings is 1. The third-order valence-corrected chi connectivity index (χ3v) is 4.70. The smallest absolute Gasteiger partial charge is 0.230 e. The normalized spacial score (nSPS) is 17.6. The van der Waals surface area contributed by atoms with Crippen molar-refractivity contribution < 1.29 is 4.79 Å². The number of nitrogens with zero attached hydrogens (tertiary/aromatic N) is 1. The van der Waals surface area contributed by atoms with Crippen LogP contribution in [0.25, 0.3) is 0 Å². The van der Waals surface area contributed by atoms with Gasteiger partial charge in [0.05, 0.1) is 11.4 Å². The number of nitrogens with one attached hydrogen (secondary N) is 2. The van der Waals surface area contributed by atoms with Crippen molar-refractivity contribution in [2.75, 3.05) is 25.4 Å². The summed E-state index contributed by atoms with van der Waals surface area (Å²) in [6.45, 7) is 5.16. The lowest BCUT2D eigenvalue weighted by molar-refractivity contribution is -0.119. The molecule has 2 N–H and O–H groups in total. The van der Waals surface area contributed by atoms with Crippen LogP contribution in [0.2, 0.25) is 0 Å². The van der Waals surface area contributed by atoms with Gasteiger partial charge in [0.25, 0.3) is 0 Å². The van der Waals surface area contributed by atoms with Crippen LogP contribution < -0.4 is 10.6 Å². The quantitative estimate of drug-likeness (QED) is 0.840. The van der Waals surface area contributed by atoms with E-state index in [9.17, 15) is 4.79 Å². The number of carbonyl (C=O) groups excluding carboxylic acids is 1. The number of hydrogen-bond acceptors (Lipinski definition) is 4. The summed E-state index contributed by atoms with van der Waals surface area (Å²) in [6, 6.07) is 5.86. The zero-order chi connectivity index (χ0) is 14.3. The van der Waals surface area contributed by atoms with Crippen molar-refractivity contribution in [3.05, 3.63) is 30.1 Å². The van der Waals surface area contributed by atoms with Crippen LogP contribution in [0.5, 0.6) is 0 Å². The van der Waals surface area contributed by atoms with Gasteiger partial charge in [-0.25, -0.2) is 0 Å². The Labute approximate surface area is 125 Å². The Hall–Kier alpha value is -1.07. The predicted molar refractivity (Wildman–Crippen MR) is 83.6 cm³/mol. The number of thioether (sulfide) groups is 1. The molecule has 20 heavy (non-hydrogen) atoms. The summed E-state index contributed by atoms with van der Waals surface area (Å²) >= 11 is 1.61. The molecule has 2 rings (SSSR count). The molecule has 5 heteroatoms. The molecular formula is C15H23N3OS. The van der Waals surface area contributed by atoms with Gasteiger partial charge in [-0.05, 0) is 43.5 Å². The summed E-state index contributed by atoms with van der Waals surface area (Å²) in [5.41, 5.74) is 1.28. The van der Waals surface area contributed by atoms with Crippen molar-refractivity contribution in [3.63, 3.8) is 0 Å². The lowest BCUT2D eigenvalue weighted by Gasteiger charge is -2.34. The molecule has 1 aromatic heterocycles. The molecule has 1 fully saturated rings. The summed E-state index contributed by atoms with van der Waals surface area (Å²) in [4.78, 5) is 16.1. The summed E-state index contributed by atoms with van der Waals surface area (Å²) in [7, 11) is 0. The van der Waals surface area contributed by atoms with Gasteiger partial charge in [0.15, 0.2) is 0 Å². The molecule has 0 spiro atoms. The van der Waals surface area contributed by atoms with Crippen LogP contribution in [0.4, 0.5) is 0 Å². The maximum absolute atomic E-state index is 11.9. The van der Waals surface area contributed by atoms with E-state index in [1.807, 2.05) is 18.2 Å². The van der Waals surface area contributed by atoms with E-state index >= 15 is 0 Å². The van der Waals surface area contributed by atoms with E-state index in [2.05, 4.69) is 22.5 Å². The van der Waals surface area contributed by atoms with Crippen LogP contribution in [0, 0.1) is 5.41 Å². The number of amides is 1. The van der Waals surface area contributed by atoms with E-state index < -0.39 is 0 Å². The fourth-order valence-corrected chi connectivity index (χ4v) is 3.07. The molecule has 0 aliphatic carbocycles. The van der Waals surface area contributed by atoms with Gasteiger partial charge < -0.3 is 10.6 Å². The first-order valence-corrected chi connectivity index (χ1v) is 8.29. The summed E-state index contributed by atoms with van der Waals surface area (Å²) < 4.78 is 0. The number of rotatable bonds is 6. The molecule has 0 unspecified atom stereocenters. The number of piperidine rings is 1. The average Bonchev–Trinajstić information content (AvgIpc) is 2.47. The molecule has 110 valence electrons. The summed E-state index contributed by atoms with van der Waals surface area (Å²) in [5.74, 6) is 1.42. The van der Waals surface area contributed by atoms with E-state index in [4.69, 9.17) is 0 Å². The fourth-order valence-electron chi connectivity index (χ4n) is 2.30. The molecular weight excluding hydrogens is 270 g/mol. The van der Waals surface area contributed by atoms with E-state index in [1.165, 1.54) is 0 Å². The lowest BCUT2D eigenvalue weighted by atomic mass is 9.81. The van der Waals surface area contributed by atoms with Gasteiger partial charge in [-0.1, -0.05) is 13.0 Å². The van der Waals surface area contributed by atoms with Gasteiger partial charge in [-0.2, -0.15) is 0 Å². The van der Waals surface area contributed by atoms with Crippen molar-refractivity contribution >= 4 is 17.7 Å². The van der Waals surface area contributed by atoms with Crippen LogP contribution >= 0.6 is 11.8 Å². The minimum atomic E-state index is 0.130. The van der Waals surface area contributed by atoms with Crippen molar-refractivity contribution in [2.45, 2.75) is 25.5 Å². The third kappa shape index (κ3) is 5.13. The van der Waals surface area contributed by atoms with Crippen molar-refractivity contribution in [1.29, 1.82) is 0 Å². The van der Waals surface area contributed by atoms with Crippen LogP contribution in [-0.2, 0) is 10.5 Å². The molecule has 0 saturated carbocycles. The Morgan fingerprint density at radius 1 is 1.45 bits per heavy atom. The molecule has 0 atom stereocenters. The second-order valence-corrected chi connectivity index (χ2v) is 6.64. The SMILES string of the molecule is CC1(CNC(=O)CSCc2ccccn2)CCNCC1. The van der Waals surface area contributed by atoms with E-state index in [0.29, 0.717) is 5.75 Å². The highest BCUT2D eigenvalue weighted by atomic mass is 32.2. The maximum Gasteiger partial charge on any atom is 0.230 e. The molecule has 2 heterocycles. The van der Waals surface area contributed by atoms with Crippen LogP contribution in [0.1, 0.15) is 25.5 Å². The zero-order valence-electron chi connectivity index (χ0n) is 12.0. The minimum Gasteiger partial charge on any atom is -0.355 e. The molecule has 1 aliphatic rings. The Morgan fingerprint density at radius 3 is 2.95 bits per heavy atom. The Kier molecular flexibility index (Phi) is 5.86. The van der Waals surface area contributed by atoms with Gasteiger partial charge in [0.1, 0.15) is 0 Å². The largest absolute Gasteiger partial charge is 0.355 e.